The molecule has 0 radical (unpaired) electrons. The van der Waals surface area contributed by atoms with Gasteiger partial charge < -0.3 is 19.5 Å². The summed E-state index contributed by atoms with van der Waals surface area (Å²) in [5, 5.41) is 11.2. The molecule has 1 aliphatic heterocycles. The third-order valence-electron chi connectivity index (χ3n) is 5.52. The Hall–Kier alpha value is -3.00. The minimum Gasteiger partial charge on any atom is -0.386 e. The monoisotopic (exact) mass is 394 g/mol. The van der Waals surface area contributed by atoms with Gasteiger partial charge in [0.25, 0.3) is 5.91 Å². The number of aliphatic hydroxyl groups is 1. The Labute approximate surface area is 169 Å². The number of carbonyl (C=O) groups excluding carboxylic acids is 1. The minimum absolute atomic E-state index is 0.124. The second-order valence-electron chi connectivity index (χ2n) is 7.99. The van der Waals surface area contributed by atoms with Gasteiger partial charge in [0, 0.05) is 44.5 Å². The number of β-amino-alcohol motifs (C(OH)–C–C–N with tert-alkyl or cyclic N) is 1. The van der Waals surface area contributed by atoms with Gasteiger partial charge in [-0.2, -0.15) is 0 Å². The lowest BCUT2D eigenvalue weighted by atomic mass is 9.92. The van der Waals surface area contributed by atoms with Crippen molar-refractivity contribution in [2.75, 3.05) is 31.6 Å². The van der Waals surface area contributed by atoms with Crippen LogP contribution in [0.25, 0.3) is 11.0 Å². The van der Waals surface area contributed by atoms with Gasteiger partial charge in [-0.25, -0.2) is 15.0 Å². The number of hydrogen-bond donors (Lipinski definition) is 1. The molecule has 1 aromatic carbocycles. The van der Waals surface area contributed by atoms with Gasteiger partial charge in [0.2, 0.25) is 0 Å². The van der Waals surface area contributed by atoms with Crippen molar-refractivity contribution in [3.63, 3.8) is 0 Å². The van der Waals surface area contributed by atoms with Crippen molar-refractivity contribution >= 4 is 22.8 Å². The third-order valence-corrected chi connectivity index (χ3v) is 5.52. The fourth-order valence-corrected chi connectivity index (χ4v) is 4.05. The molecular formula is C21H26N6O2. The Bertz CT molecular complexity index is 1050. The van der Waals surface area contributed by atoms with Gasteiger partial charge >= 0.3 is 0 Å². The standard InChI is InChI=1S/C21H26N6O2/c1-15-9-19(23-13-22-15)27-8-4-7-21(29,12-27)11-25(2)20(28)16-5-6-18-17(10-16)24-14-26(18)3/h5-6,9-10,13-14,29H,4,7-8,11-12H2,1-3H3/t21-/m1/s1. The summed E-state index contributed by atoms with van der Waals surface area (Å²) in [6.45, 7) is 3.44. The molecule has 1 aliphatic rings. The molecule has 1 N–H and O–H groups in total. The van der Waals surface area contributed by atoms with Gasteiger partial charge in [-0.15, -0.1) is 0 Å². The summed E-state index contributed by atoms with van der Waals surface area (Å²) < 4.78 is 1.92. The molecule has 1 amide bonds. The predicted molar refractivity (Wildman–Crippen MR) is 111 cm³/mol. The van der Waals surface area contributed by atoms with Crippen LogP contribution in [0.3, 0.4) is 0 Å². The van der Waals surface area contributed by atoms with Crippen molar-refractivity contribution < 1.29 is 9.90 Å². The number of piperidine rings is 1. The number of hydrogen-bond acceptors (Lipinski definition) is 6. The van der Waals surface area contributed by atoms with E-state index in [2.05, 4.69) is 19.9 Å². The maximum Gasteiger partial charge on any atom is 0.253 e. The summed E-state index contributed by atoms with van der Waals surface area (Å²) in [5.74, 6) is 0.686. The van der Waals surface area contributed by atoms with Gasteiger partial charge in [-0.05, 0) is 38.0 Å². The lowest BCUT2D eigenvalue weighted by molar-refractivity contribution is -0.000136. The van der Waals surface area contributed by atoms with Gasteiger partial charge in [0.05, 0.1) is 29.5 Å². The Morgan fingerprint density at radius 2 is 2.10 bits per heavy atom. The first-order valence-corrected chi connectivity index (χ1v) is 9.77. The van der Waals surface area contributed by atoms with Crippen LogP contribution in [-0.4, -0.2) is 67.7 Å². The number of rotatable bonds is 4. The van der Waals surface area contributed by atoms with Crippen LogP contribution in [0.1, 0.15) is 28.9 Å². The zero-order valence-corrected chi connectivity index (χ0v) is 17.0. The first-order chi connectivity index (χ1) is 13.8. The number of amides is 1. The Balaban J connectivity index is 1.48. The molecule has 0 bridgehead atoms. The molecule has 1 saturated heterocycles. The zero-order chi connectivity index (χ0) is 20.6. The highest BCUT2D eigenvalue weighted by Crippen LogP contribution is 2.26. The number of nitrogens with zero attached hydrogens (tertiary/aromatic N) is 6. The molecule has 8 nitrogen and oxygen atoms in total. The van der Waals surface area contributed by atoms with E-state index in [1.807, 2.05) is 36.7 Å². The van der Waals surface area contributed by atoms with Crippen LogP contribution in [-0.2, 0) is 7.05 Å². The fraction of sp³-hybridized carbons (Fsp3) is 0.429. The average Bonchev–Trinajstić information content (AvgIpc) is 3.07. The number of benzene rings is 1. The Morgan fingerprint density at radius 3 is 2.90 bits per heavy atom. The highest BCUT2D eigenvalue weighted by atomic mass is 16.3. The van der Waals surface area contributed by atoms with Crippen molar-refractivity contribution in [2.45, 2.75) is 25.4 Å². The van der Waals surface area contributed by atoms with E-state index in [9.17, 15) is 9.90 Å². The highest BCUT2D eigenvalue weighted by molar-refractivity contribution is 5.97. The number of imidazole rings is 1. The Morgan fingerprint density at radius 1 is 1.28 bits per heavy atom. The molecule has 0 unspecified atom stereocenters. The SMILES string of the molecule is Cc1cc(N2CCC[C@@](O)(CN(C)C(=O)c3ccc4c(c3)ncn4C)C2)ncn1. The van der Waals surface area contributed by atoms with E-state index in [0.717, 1.165) is 35.5 Å². The molecule has 4 rings (SSSR count). The predicted octanol–water partition coefficient (Wildman–Crippen LogP) is 1.78. The van der Waals surface area contributed by atoms with Gasteiger partial charge in [0.15, 0.2) is 0 Å². The van der Waals surface area contributed by atoms with Crippen molar-refractivity contribution in [3.05, 3.63) is 48.2 Å². The molecule has 29 heavy (non-hydrogen) atoms. The Kier molecular flexibility index (Phi) is 4.96. The summed E-state index contributed by atoms with van der Waals surface area (Å²) >= 11 is 0. The summed E-state index contributed by atoms with van der Waals surface area (Å²) in [4.78, 5) is 29.4. The molecule has 2 aromatic heterocycles. The third kappa shape index (κ3) is 3.93. The van der Waals surface area contributed by atoms with Crippen LogP contribution in [0.4, 0.5) is 5.82 Å². The van der Waals surface area contributed by atoms with Crippen LogP contribution in [0.5, 0.6) is 0 Å². The van der Waals surface area contributed by atoms with Crippen LogP contribution in [0.2, 0.25) is 0 Å². The van der Waals surface area contributed by atoms with Crippen LogP contribution in [0, 0.1) is 6.92 Å². The van der Waals surface area contributed by atoms with E-state index in [1.54, 1.807) is 30.7 Å². The maximum atomic E-state index is 13.0. The largest absolute Gasteiger partial charge is 0.386 e. The summed E-state index contributed by atoms with van der Waals surface area (Å²) in [6.07, 6.45) is 4.75. The molecule has 8 heteroatoms. The first kappa shape index (κ1) is 19.3. The number of fused-ring (bicyclic) bond motifs is 1. The normalized spacial score (nSPS) is 19.5. The zero-order valence-electron chi connectivity index (χ0n) is 17.0. The van der Waals surface area contributed by atoms with Crippen LogP contribution < -0.4 is 4.90 Å². The van der Waals surface area contributed by atoms with Crippen molar-refractivity contribution in [3.8, 4) is 0 Å². The van der Waals surface area contributed by atoms with Gasteiger partial charge in [-0.3, -0.25) is 4.79 Å². The molecule has 152 valence electrons. The molecule has 3 aromatic rings. The van der Waals surface area contributed by atoms with E-state index in [0.29, 0.717) is 18.5 Å². The highest BCUT2D eigenvalue weighted by Gasteiger charge is 2.36. The van der Waals surface area contributed by atoms with E-state index in [1.165, 1.54) is 0 Å². The molecule has 0 saturated carbocycles. The first-order valence-electron chi connectivity index (χ1n) is 9.77. The molecule has 1 atom stereocenters. The van der Waals surface area contributed by atoms with E-state index in [4.69, 9.17) is 0 Å². The van der Waals surface area contributed by atoms with Gasteiger partial charge in [0.1, 0.15) is 12.1 Å². The van der Waals surface area contributed by atoms with Crippen molar-refractivity contribution in [1.29, 1.82) is 0 Å². The van der Waals surface area contributed by atoms with Gasteiger partial charge in [-0.1, -0.05) is 0 Å². The van der Waals surface area contributed by atoms with Crippen molar-refractivity contribution in [1.82, 2.24) is 24.4 Å². The number of carbonyl (C=O) groups is 1. The number of likely N-dealkylation sites (N-methyl/N-ethyl adjacent to an activating group) is 1. The maximum absolute atomic E-state index is 13.0. The van der Waals surface area contributed by atoms with Crippen LogP contribution in [0.15, 0.2) is 36.9 Å². The second-order valence-corrected chi connectivity index (χ2v) is 7.99. The number of aromatic nitrogens is 4. The van der Waals surface area contributed by atoms with E-state index >= 15 is 0 Å². The quantitative estimate of drug-likeness (QED) is 0.726. The second kappa shape index (κ2) is 7.44. The number of anilines is 1. The molecule has 1 fully saturated rings. The lowest BCUT2D eigenvalue weighted by Gasteiger charge is -2.41. The number of aryl methyl sites for hydroxylation is 2. The van der Waals surface area contributed by atoms with E-state index in [-0.39, 0.29) is 12.5 Å². The fourth-order valence-electron chi connectivity index (χ4n) is 4.05. The molecular weight excluding hydrogens is 368 g/mol. The minimum atomic E-state index is -0.989. The smallest absolute Gasteiger partial charge is 0.253 e. The van der Waals surface area contributed by atoms with Crippen molar-refractivity contribution in [2.24, 2.45) is 7.05 Å². The van der Waals surface area contributed by atoms with Crippen LogP contribution >= 0.6 is 0 Å². The summed E-state index contributed by atoms with van der Waals surface area (Å²) in [7, 11) is 3.66. The summed E-state index contributed by atoms with van der Waals surface area (Å²) in [6, 6.07) is 7.43. The average molecular weight is 394 g/mol. The molecule has 0 spiro atoms. The molecule has 3 heterocycles. The topological polar surface area (TPSA) is 87.4 Å². The lowest BCUT2D eigenvalue weighted by Crippen LogP contribution is -2.54. The summed E-state index contributed by atoms with van der Waals surface area (Å²) in [5.41, 5.74) is 2.23. The molecule has 0 aliphatic carbocycles. The van der Waals surface area contributed by atoms with E-state index < -0.39 is 5.60 Å².